The Balaban J connectivity index is 2.21. The summed E-state index contributed by atoms with van der Waals surface area (Å²) >= 11 is 0. The molecule has 2 rings (SSSR count). The Bertz CT molecular complexity index is 579. The van der Waals surface area contributed by atoms with Crippen molar-refractivity contribution in [1.29, 1.82) is 0 Å². The summed E-state index contributed by atoms with van der Waals surface area (Å²) in [6.07, 6.45) is 0. The summed E-state index contributed by atoms with van der Waals surface area (Å²) < 4.78 is 5.99. The number of hydrogen-bond acceptors (Lipinski definition) is 2. The number of aryl methyl sites for hydroxylation is 4. The Morgan fingerprint density at radius 2 is 1.53 bits per heavy atom. The van der Waals surface area contributed by atoms with Crippen LogP contribution in [0.25, 0.3) is 0 Å². The molecule has 0 saturated carbocycles. The van der Waals surface area contributed by atoms with Gasteiger partial charge in [-0.25, -0.2) is 0 Å². The van der Waals surface area contributed by atoms with Crippen molar-refractivity contribution in [3.8, 4) is 5.75 Å². The molecule has 0 heterocycles. The molecule has 0 atom stereocenters. The summed E-state index contributed by atoms with van der Waals surface area (Å²) in [4.78, 5) is 0. The predicted molar refractivity (Wildman–Crippen MR) is 80.6 cm³/mol. The first kappa shape index (κ1) is 13.5. The van der Waals surface area contributed by atoms with Crippen molar-refractivity contribution in [1.82, 2.24) is 0 Å². The molecule has 0 aromatic heterocycles. The fraction of sp³-hybridized carbons (Fsp3) is 0.294. The van der Waals surface area contributed by atoms with Gasteiger partial charge in [-0.1, -0.05) is 23.8 Å². The van der Waals surface area contributed by atoms with Gasteiger partial charge in [-0.05, 0) is 62.1 Å². The van der Waals surface area contributed by atoms with Gasteiger partial charge in [0.25, 0.3) is 0 Å². The lowest BCUT2D eigenvalue weighted by Crippen LogP contribution is -2.02. The molecule has 0 bridgehead atoms. The molecule has 19 heavy (non-hydrogen) atoms. The monoisotopic (exact) mass is 255 g/mol. The van der Waals surface area contributed by atoms with Gasteiger partial charge in [-0.3, -0.25) is 0 Å². The zero-order chi connectivity index (χ0) is 14.0. The molecular weight excluding hydrogens is 234 g/mol. The first-order valence-electron chi connectivity index (χ1n) is 6.53. The molecule has 0 fully saturated rings. The van der Waals surface area contributed by atoms with Crippen molar-refractivity contribution in [2.75, 3.05) is 5.73 Å². The Kier molecular flexibility index (Phi) is 3.79. The van der Waals surface area contributed by atoms with Crippen molar-refractivity contribution >= 4 is 5.69 Å². The summed E-state index contributed by atoms with van der Waals surface area (Å²) in [6.45, 7) is 8.87. The molecule has 2 nitrogen and oxygen atoms in total. The summed E-state index contributed by atoms with van der Waals surface area (Å²) in [5, 5.41) is 0. The van der Waals surface area contributed by atoms with Gasteiger partial charge in [-0.15, -0.1) is 0 Å². The van der Waals surface area contributed by atoms with Crippen LogP contribution >= 0.6 is 0 Å². The number of nitrogen functional groups attached to an aromatic ring is 1. The van der Waals surface area contributed by atoms with E-state index in [4.69, 9.17) is 10.5 Å². The Labute approximate surface area is 115 Å². The minimum atomic E-state index is 0.596. The molecule has 2 N–H and O–H groups in total. The third kappa shape index (κ3) is 3.08. The number of nitrogens with two attached hydrogens (primary N) is 1. The van der Waals surface area contributed by atoms with E-state index in [1.807, 2.05) is 26.0 Å². The molecule has 0 aliphatic heterocycles. The van der Waals surface area contributed by atoms with Gasteiger partial charge < -0.3 is 10.5 Å². The molecule has 0 aliphatic rings. The second-order valence-electron chi connectivity index (χ2n) is 5.20. The number of anilines is 1. The van der Waals surface area contributed by atoms with Gasteiger partial charge >= 0.3 is 0 Å². The van der Waals surface area contributed by atoms with Gasteiger partial charge in [0, 0.05) is 5.69 Å². The van der Waals surface area contributed by atoms with Gasteiger partial charge in [0.15, 0.2) is 0 Å². The SMILES string of the molecule is Cc1ccc(C)c(COc2c(C)cc(N)cc2C)c1. The van der Waals surface area contributed by atoms with Crippen LogP contribution in [0.4, 0.5) is 5.69 Å². The highest BCUT2D eigenvalue weighted by Crippen LogP contribution is 2.27. The second-order valence-corrected chi connectivity index (χ2v) is 5.20. The molecule has 2 aromatic rings. The number of ether oxygens (including phenoxy) is 1. The van der Waals surface area contributed by atoms with E-state index in [0.717, 1.165) is 22.6 Å². The Morgan fingerprint density at radius 1 is 0.895 bits per heavy atom. The van der Waals surface area contributed by atoms with Crippen LogP contribution in [0.2, 0.25) is 0 Å². The van der Waals surface area contributed by atoms with Gasteiger partial charge in [0.05, 0.1) is 0 Å². The molecule has 0 spiro atoms. The smallest absolute Gasteiger partial charge is 0.125 e. The number of benzene rings is 2. The number of hydrogen-bond donors (Lipinski definition) is 1. The first-order chi connectivity index (χ1) is 8.97. The molecule has 0 unspecified atom stereocenters. The molecule has 2 aromatic carbocycles. The van der Waals surface area contributed by atoms with E-state index < -0.39 is 0 Å². The molecular formula is C17H21NO. The van der Waals surface area contributed by atoms with Gasteiger partial charge in [0.1, 0.15) is 12.4 Å². The van der Waals surface area contributed by atoms with Crippen LogP contribution < -0.4 is 10.5 Å². The van der Waals surface area contributed by atoms with E-state index in [2.05, 4.69) is 32.0 Å². The highest BCUT2D eigenvalue weighted by atomic mass is 16.5. The summed E-state index contributed by atoms with van der Waals surface area (Å²) in [5.41, 5.74) is 12.5. The van der Waals surface area contributed by atoms with E-state index in [-0.39, 0.29) is 0 Å². The Morgan fingerprint density at radius 3 is 2.16 bits per heavy atom. The van der Waals surface area contributed by atoms with Gasteiger partial charge in [0.2, 0.25) is 0 Å². The lowest BCUT2D eigenvalue weighted by Gasteiger charge is -2.14. The number of rotatable bonds is 3. The van der Waals surface area contributed by atoms with E-state index in [1.54, 1.807) is 0 Å². The lowest BCUT2D eigenvalue weighted by atomic mass is 10.1. The lowest BCUT2D eigenvalue weighted by molar-refractivity contribution is 0.301. The average Bonchev–Trinajstić information content (AvgIpc) is 2.32. The van der Waals surface area contributed by atoms with Crippen LogP contribution in [0, 0.1) is 27.7 Å². The van der Waals surface area contributed by atoms with E-state index >= 15 is 0 Å². The minimum absolute atomic E-state index is 0.596. The Hall–Kier alpha value is -1.96. The molecule has 100 valence electrons. The maximum absolute atomic E-state index is 5.99. The maximum Gasteiger partial charge on any atom is 0.125 e. The summed E-state index contributed by atoms with van der Waals surface area (Å²) in [7, 11) is 0. The van der Waals surface area contributed by atoms with E-state index in [1.165, 1.54) is 16.7 Å². The first-order valence-corrected chi connectivity index (χ1v) is 6.53. The quantitative estimate of drug-likeness (QED) is 0.839. The van der Waals surface area contributed by atoms with Crippen LogP contribution in [-0.4, -0.2) is 0 Å². The molecule has 0 radical (unpaired) electrons. The summed E-state index contributed by atoms with van der Waals surface area (Å²) in [6, 6.07) is 10.3. The van der Waals surface area contributed by atoms with Crippen LogP contribution in [0.3, 0.4) is 0 Å². The van der Waals surface area contributed by atoms with Crippen molar-refractivity contribution < 1.29 is 4.74 Å². The van der Waals surface area contributed by atoms with Gasteiger partial charge in [-0.2, -0.15) is 0 Å². The van der Waals surface area contributed by atoms with Crippen LogP contribution in [-0.2, 0) is 6.61 Å². The zero-order valence-corrected chi connectivity index (χ0v) is 12.1. The normalized spacial score (nSPS) is 10.5. The standard InChI is InChI=1S/C17H21NO/c1-11-5-6-12(2)15(7-11)10-19-17-13(3)8-16(18)9-14(17)4/h5-9H,10,18H2,1-4H3. The summed E-state index contributed by atoms with van der Waals surface area (Å²) in [5.74, 6) is 0.940. The molecule has 2 heteroatoms. The van der Waals surface area contributed by atoms with Crippen LogP contribution in [0.15, 0.2) is 30.3 Å². The third-order valence-electron chi connectivity index (χ3n) is 3.36. The molecule has 0 amide bonds. The van der Waals surface area contributed by atoms with Crippen molar-refractivity contribution in [3.63, 3.8) is 0 Å². The maximum atomic E-state index is 5.99. The predicted octanol–water partition coefficient (Wildman–Crippen LogP) is 4.08. The van der Waals surface area contributed by atoms with Crippen molar-refractivity contribution in [3.05, 3.63) is 58.1 Å². The highest BCUT2D eigenvalue weighted by molar-refractivity contribution is 5.52. The minimum Gasteiger partial charge on any atom is -0.488 e. The fourth-order valence-corrected chi connectivity index (χ4v) is 2.32. The van der Waals surface area contributed by atoms with E-state index in [9.17, 15) is 0 Å². The van der Waals surface area contributed by atoms with Crippen LogP contribution in [0.1, 0.15) is 27.8 Å². The van der Waals surface area contributed by atoms with Crippen molar-refractivity contribution in [2.24, 2.45) is 0 Å². The van der Waals surface area contributed by atoms with E-state index in [0.29, 0.717) is 6.61 Å². The third-order valence-corrected chi connectivity index (χ3v) is 3.36. The average molecular weight is 255 g/mol. The second kappa shape index (κ2) is 5.35. The largest absolute Gasteiger partial charge is 0.488 e. The molecule has 0 aliphatic carbocycles. The van der Waals surface area contributed by atoms with Crippen molar-refractivity contribution in [2.45, 2.75) is 34.3 Å². The highest BCUT2D eigenvalue weighted by Gasteiger charge is 2.07. The molecule has 0 saturated heterocycles. The topological polar surface area (TPSA) is 35.2 Å². The fourth-order valence-electron chi connectivity index (χ4n) is 2.32. The van der Waals surface area contributed by atoms with Crippen LogP contribution in [0.5, 0.6) is 5.75 Å². The zero-order valence-electron chi connectivity index (χ0n) is 12.1.